The standard InChI is InChI=1S/C22H17Cl2FN2O2/c1-13(21-17(23)5-6-18(25)22(21)24)29-27-8-7-19-20(27)10-16(11-26-19)15-4-2-3-14(9-15)12-28/h2-11,13,28H,12H2,1H3. The third kappa shape index (κ3) is 3.81. The van der Waals surface area contributed by atoms with Crippen molar-refractivity contribution in [2.24, 2.45) is 0 Å². The molecule has 0 spiro atoms. The van der Waals surface area contributed by atoms with Crippen LogP contribution < -0.4 is 4.84 Å². The van der Waals surface area contributed by atoms with Gasteiger partial charge >= 0.3 is 0 Å². The van der Waals surface area contributed by atoms with E-state index in [4.69, 9.17) is 28.0 Å². The number of fused-ring (bicyclic) bond motifs is 1. The van der Waals surface area contributed by atoms with Crippen LogP contribution in [-0.2, 0) is 6.61 Å². The molecule has 0 radical (unpaired) electrons. The number of rotatable bonds is 5. The zero-order valence-electron chi connectivity index (χ0n) is 15.4. The van der Waals surface area contributed by atoms with Crippen molar-refractivity contribution in [1.82, 2.24) is 9.71 Å². The Balaban J connectivity index is 1.71. The molecule has 4 aromatic rings. The van der Waals surface area contributed by atoms with Crippen molar-refractivity contribution in [3.05, 3.63) is 87.9 Å². The maximum atomic E-state index is 13.9. The lowest BCUT2D eigenvalue weighted by atomic mass is 10.0. The predicted octanol–water partition coefficient (Wildman–Crippen LogP) is 5.83. The highest BCUT2D eigenvalue weighted by Gasteiger charge is 2.20. The maximum Gasteiger partial charge on any atom is 0.150 e. The first-order valence-corrected chi connectivity index (χ1v) is 9.71. The third-order valence-electron chi connectivity index (χ3n) is 4.70. The highest BCUT2D eigenvalue weighted by atomic mass is 35.5. The lowest BCUT2D eigenvalue weighted by molar-refractivity contribution is 0.0562. The van der Waals surface area contributed by atoms with Crippen molar-refractivity contribution in [3.63, 3.8) is 0 Å². The molecule has 29 heavy (non-hydrogen) atoms. The van der Waals surface area contributed by atoms with Gasteiger partial charge in [-0.25, -0.2) is 4.39 Å². The first kappa shape index (κ1) is 19.7. The Morgan fingerprint density at radius 2 is 1.97 bits per heavy atom. The number of halogens is 3. The third-order valence-corrected chi connectivity index (χ3v) is 5.42. The van der Waals surface area contributed by atoms with E-state index in [0.29, 0.717) is 10.6 Å². The summed E-state index contributed by atoms with van der Waals surface area (Å²) in [7, 11) is 0. The molecule has 0 bridgehead atoms. The average molecular weight is 431 g/mol. The predicted molar refractivity (Wildman–Crippen MR) is 113 cm³/mol. The van der Waals surface area contributed by atoms with Gasteiger partial charge in [-0.3, -0.25) is 4.98 Å². The van der Waals surface area contributed by atoms with Gasteiger partial charge in [-0.1, -0.05) is 41.4 Å². The molecule has 4 rings (SSSR count). The molecule has 0 fully saturated rings. The molecule has 7 heteroatoms. The van der Waals surface area contributed by atoms with Crippen molar-refractivity contribution in [2.75, 3.05) is 0 Å². The molecule has 4 nitrogen and oxygen atoms in total. The van der Waals surface area contributed by atoms with E-state index in [1.54, 1.807) is 24.0 Å². The molecule has 0 saturated carbocycles. The fraction of sp³-hybridized carbons (Fsp3) is 0.136. The number of aliphatic hydroxyl groups is 1. The van der Waals surface area contributed by atoms with Crippen LogP contribution in [0.5, 0.6) is 0 Å². The number of nitrogens with zero attached hydrogens (tertiary/aromatic N) is 2. The molecule has 0 aliphatic carbocycles. The summed E-state index contributed by atoms with van der Waals surface area (Å²) in [5.41, 5.74) is 4.50. The second-order valence-electron chi connectivity index (χ2n) is 6.63. The fourth-order valence-corrected chi connectivity index (χ4v) is 3.90. The Labute approximate surface area is 177 Å². The molecule has 0 amide bonds. The molecule has 2 aromatic carbocycles. The second-order valence-corrected chi connectivity index (χ2v) is 7.42. The summed E-state index contributed by atoms with van der Waals surface area (Å²) in [6.45, 7) is 1.72. The first-order valence-electron chi connectivity index (χ1n) is 8.95. The fourth-order valence-electron chi connectivity index (χ4n) is 3.22. The summed E-state index contributed by atoms with van der Waals surface area (Å²) in [5, 5.41) is 9.65. The highest BCUT2D eigenvalue weighted by molar-refractivity contribution is 6.36. The Morgan fingerprint density at radius 1 is 1.14 bits per heavy atom. The van der Waals surface area contributed by atoms with E-state index < -0.39 is 11.9 Å². The number of hydrogen-bond acceptors (Lipinski definition) is 3. The van der Waals surface area contributed by atoms with Crippen molar-refractivity contribution in [1.29, 1.82) is 0 Å². The Kier molecular flexibility index (Phi) is 5.46. The van der Waals surface area contributed by atoms with E-state index in [-0.39, 0.29) is 11.6 Å². The van der Waals surface area contributed by atoms with Crippen LogP contribution in [0.15, 0.2) is 60.9 Å². The monoisotopic (exact) mass is 430 g/mol. The van der Waals surface area contributed by atoms with Crippen molar-refractivity contribution >= 4 is 34.2 Å². The summed E-state index contributed by atoms with van der Waals surface area (Å²) < 4.78 is 15.4. The van der Waals surface area contributed by atoms with Gasteiger partial charge in [-0.15, -0.1) is 0 Å². The topological polar surface area (TPSA) is 47.3 Å². The lowest BCUT2D eigenvalue weighted by Crippen LogP contribution is -2.16. The Hall–Kier alpha value is -2.60. The summed E-state index contributed by atoms with van der Waals surface area (Å²) in [4.78, 5) is 10.5. The summed E-state index contributed by atoms with van der Waals surface area (Å²) in [6.07, 6.45) is 2.92. The average Bonchev–Trinajstić information content (AvgIpc) is 3.13. The number of aliphatic hydroxyl groups excluding tert-OH is 1. The number of hydrogen-bond donors (Lipinski definition) is 1. The van der Waals surface area contributed by atoms with Gasteiger partial charge in [-0.05, 0) is 48.4 Å². The van der Waals surface area contributed by atoms with Crippen molar-refractivity contribution < 1.29 is 14.3 Å². The smallest absolute Gasteiger partial charge is 0.150 e. The molecule has 1 N–H and O–H groups in total. The Bertz CT molecular complexity index is 1190. The van der Waals surface area contributed by atoms with Gasteiger partial charge in [0.05, 0.1) is 17.1 Å². The molecule has 0 aliphatic heterocycles. The van der Waals surface area contributed by atoms with E-state index in [1.807, 2.05) is 36.4 Å². The van der Waals surface area contributed by atoms with Crippen molar-refractivity contribution in [2.45, 2.75) is 19.6 Å². The van der Waals surface area contributed by atoms with Gasteiger partial charge in [0.15, 0.2) is 6.10 Å². The summed E-state index contributed by atoms with van der Waals surface area (Å²) >= 11 is 12.3. The molecule has 1 unspecified atom stereocenters. The van der Waals surface area contributed by atoms with Crippen LogP contribution in [0.4, 0.5) is 4.39 Å². The summed E-state index contributed by atoms with van der Waals surface area (Å²) in [6, 6.07) is 14.1. The van der Waals surface area contributed by atoms with E-state index in [2.05, 4.69) is 4.98 Å². The minimum Gasteiger partial charge on any atom is -0.406 e. The van der Waals surface area contributed by atoms with Gasteiger partial charge in [0.2, 0.25) is 0 Å². The maximum absolute atomic E-state index is 13.9. The van der Waals surface area contributed by atoms with Crippen LogP contribution in [0, 0.1) is 5.82 Å². The number of benzene rings is 2. The van der Waals surface area contributed by atoms with E-state index in [1.165, 1.54) is 12.1 Å². The quantitative estimate of drug-likeness (QED) is 0.405. The van der Waals surface area contributed by atoms with Gasteiger partial charge in [0.25, 0.3) is 0 Å². The van der Waals surface area contributed by atoms with Gasteiger partial charge in [0.1, 0.15) is 11.3 Å². The van der Waals surface area contributed by atoms with Crippen molar-refractivity contribution in [3.8, 4) is 11.1 Å². The minimum atomic E-state index is -0.595. The molecule has 1 atom stereocenters. The van der Waals surface area contributed by atoms with Crippen LogP contribution in [0.3, 0.4) is 0 Å². The van der Waals surface area contributed by atoms with Crippen LogP contribution in [0.2, 0.25) is 10.0 Å². The zero-order chi connectivity index (χ0) is 20.5. The largest absolute Gasteiger partial charge is 0.406 e. The second kappa shape index (κ2) is 8.03. The molecule has 148 valence electrons. The molecule has 2 heterocycles. The minimum absolute atomic E-state index is 0.0321. The lowest BCUT2D eigenvalue weighted by Gasteiger charge is -2.19. The molecular weight excluding hydrogens is 414 g/mol. The first-order chi connectivity index (χ1) is 14.0. The molecule has 0 aliphatic rings. The molecule has 0 saturated heterocycles. The van der Waals surface area contributed by atoms with E-state index in [9.17, 15) is 9.50 Å². The number of aromatic nitrogens is 2. The normalized spacial score (nSPS) is 12.3. The molecular formula is C22H17Cl2FN2O2. The van der Waals surface area contributed by atoms with Gasteiger partial charge in [0, 0.05) is 28.5 Å². The van der Waals surface area contributed by atoms with Crippen LogP contribution in [-0.4, -0.2) is 14.8 Å². The van der Waals surface area contributed by atoms with E-state index in [0.717, 1.165) is 27.7 Å². The highest BCUT2D eigenvalue weighted by Crippen LogP contribution is 2.33. The SMILES string of the molecule is CC(On1ccc2ncc(-c3cccc(CO)c3)cc21)c1c(Cl)ccc(F)c1Cl. The zero-order valence-corrected chi connectivity index (χ0v) is 17.0. The van der Waals surface area contributed by atoms with Gasteiger partial charge in [-0.2, -0.15) is 4.73 Å². The number of pyridine rings is 1. The van der Waals surface area contributed by atoms with Gasteiger partial charge < -0.3 is 9.94 Å². The van der Waals surface area contributed by atoms with E-state index >= 15 is 0 Å². The summed E-state index contributed by atoms with van der Waals surface area (Å²) in [5.74, 6) is -0.549. The Morgan fingerprint density at radius 3 is 2.76 bits per heavy atom. The van der Waals surface area contributed by atoms with Crippen LogP contribution in [0.1, 0.15) is 24.2 Å². The van der Waals surface area contributed by atoms with Crippen LogP contribution >= 0.6 is 23.2 Å². The molecule has 2 aromatic heterocycles. The van der Waals surface area contributed by atoms with Crippen LogP contribution in [0.25, 0.3) is 22.2 Å².